The first-order valence-corrected chi connectivity index (χ1v) is 10.1. The normalized spacial score (nSPS) is 13.4. The Balaban J connectivity index is 3.10. The molecule has 0 aromatic carbocycles. The molecule has 1 atom stereocenters. The molecule has 4 heteroatoms. The van der Waals surface area contributed by atoms with Crippen molar-refractivity contribution in [3.8, 4) is 0 Å². The van der Waals surface area contributed by atoms with E-state index < -0.39 is 11.9 Å². The van der Waals surface area contributed by atoms with Gasteiger partial charge in [0.15, 0.2) is 0 Å². The van der Waals surface area contributed by atoms with E-state index in [1.54, 1.807) is 14.0 Å². The van der Waals surface area contributed by atoms with Crippen LogP contribution in [-0.4, -0.2) is 35.0 Å². The molecule has 0 aliphatic rings. The molecule has 3 N–H and O–H groups in total. The summed E-state index contributed by atoms with van der Waals surface area (Å²) in [7, 11) is 1.77. The van der Waals surface area contributed by atoms with E-state index in [2.05, 4.69) is 0 Å². The van der Waals surface area contributed by atoms with Crippen LogP contribution in [0.5, 0.6) is 0 Å². The van der Waals surface area contributed by atoms with E-state index in [1.165, 1.54) is 77.0 Å². The van der Waals surface area contributed by atoms with E-state index in [9.17, 15) is 0 Å². The Morgan fingerprint density at radius 2 is 0.958 bits per heavy atom. The van der Waals surface area contributed by atoms with Crippen molar-refractivity contribution in [2.75, 3.05) is 13.7 Å². The van der Waals surface area contributed by atoms with Crippen LogP contribution in [0.25, 0.3) is 0 Å². The lowest BCUT2D eigenvalue weighted by Crippen LogP contribution is -2.35. The van der Waals surface area contributed by atoms with E-state index in [4.69, 9.17) is 20.1 Å². The molecular weight excluding hydrogens is 304 g/mol. The highest BCUT2D eigenvalue weighted by atomic mass is 16.7. The lowest BCUT2D eigenvalue weighted by molar-refractivity contribution is -0.339. The molecule has 0 aromatic heterocycles. The molecule has 0 heterocycles. The van der Waals surface area contributed by atoms with Crippen molar-refractivity contribution in [2.24, 2.45) is 5.92 Å². The van der Waals surface area contributed by atoms with E-state index in [0.717, 1.165) is 19.4 Å². The molecule has 0 saturated heterocycles. The van der Waals surface area contributed by atoms with Gasteiger partial charge in [-0.3, -0.25) is 0 Å². The Labute approximate surface area is 149 Å². The van der Waals surface area contributed by atoms with Gasteiger partial charge in [-0.15, -0.1) is 0 Å². The van der Waals surface area contributed by atoms with Crippen LogP contribution in [0.3, 0.4) is 0 Å². The summed E-state index contributed by atoms with van der Waals surface area (Å²) in [4.78, 5) is 0. The van der Waals surface area contributed by atoms with E-state index >= 15 is 0 Å². The van der Waals surface area contributed by atoms with Gasteiger partial charge in [0.05, 0.1) is 0 Å². The predicted octanol–water partition coefficient (Wildman–Crippen LogP) is 4.75. The largest absolute Gasteiger partial charge is 0.385 e. The molecule has 0 aromatic rings. The second-order valence-electron chi connectivity index (χ2n) is 7.32. The number of unbranched alkanes of at least 4 members (excludes halogenated alkanes) is 13. The summed E-state index contributed by atoms with van der Waals surface area (Å²) in [5, 5.41) is 27.1. The second kappa shape index (κ2) is 16.3. The molecular formula is C20H42O4. The monoisotopic (exact) mass is 346 g/mol. The minimum atomic E-state index is -2.51. The molecule has 0 bridgehead atoms. The molecule has 0 amide bonds. The van der Waals surface area contributed by atoms with Gasteiger partial charge in [0.1, 0.15) is 0 Å². The molecule has 0 saturated carbocycles. The van der Waals surface area contributed by atoms with Crippen molar-refractivity contribution < 1.29 is 20.1 Å². The number of ether oxygens (including phenoxy) is 1. The highest BCUT2D eigenvalue weighted by molar-refractivity contribution is 4.60. The fourth-order valence-corrected chi connectivity index (χ4v) is 3.01. The zero-order chi connectivity index (χ0) is 18.1. The smallest absolute Gasteiger partial charge is 0.277 e. The van der Waals surface area contributed by atoms with E-state index in [-0.39, 0.29) is 0 Å². The number of hydrogen-bond acceptors (Lipinski definition) is 4. The molecule has 0 aliphatic heterocycles. The predicted molar refractivity (Wildman–Crippen MR) is 99.7 cm³/mol. The lowest BCUT2D eigenvalue weighted by atomic mass is 9.99. The third-order valence-electron chi connectivity index (χ3n) is 4.90. The zero-order valence-corrected chi connectivity index (χ0v) is 16.1. The molecule has 0 radical (unpaired) electrons. The number of hydrogen-bond donors (Lipinski definition) is 3. The topological polar surface area (TPSA) is 69.9 Å². The average Bonchev–Trinajstić information content (AvgIpc) is 2.53. The van der Waals surface area contributed by atoms with Gasteiger partial charge in [-0.25, -0.2) is 0 Å². The number of rotatable bonds is 18. The Kier molecular flexibility index (Phi) is 16.2. The Hall–Kier alpha value is -0.160. The maximum Gasteiger partial charge on any atom is 0.277 e. The van der Waals surface area contributed by atoms with Gasteiger partial charge in [-0.05, 0) is 12.8 Å². The van der Waals surface area contributed by atoms with Crippen LogP contribution < -0.4 is 0 Å². The van der Waals surface area contributed by atoms with Gasteiger partial charge in [0.2, 0.25) is 0 Å². The van der Waals surface area contributed by atoms with Crippen molar-refractivity contribution >= 4 is 0 Å². The van der Waals surface area contributed by atoms with Crippen molar-refractivity contribution in [1.82, 2.24) is 0 Å². The molecule has 24 heavy (non-hydrogen) atoms. The summed E-state index contributed by atoms with van der Waals surface area (Å²) in [5.41, 5.74) is 0. The quantitative estimate of drug-likeness (QED) is 0.247. The molecule has 146 valence electrons. The summed E-state index contributed by atoms with van der Waals surface area (Å²) in [6.45, 7) is 2.57. The highest BCUT2D eigenvalue weighted by Crippen LogP contribution is 2.19. The SMILES string of the molecule is COCCCCCCCCCCCCCCCCC(C)C(O)(O)O. The summed E-state index contributed by atoms with van der Waals surface area (Å²) in [5.74, 6) is -2.98. The lowest BCUT2D eigenvalue weighted by Gasteiger charge is -2.21. The maximum atomic E-state index is 9.02. The first-order valence-electron chi connectivity index (χ1n) is 10.1. The minimum Gasteiger partial charge on any atom is -0.385 e. The summed E-state index contributed by atoms with van der Waals surface area (Å²) >= 11 is 0. The number of methoxy groups -OCH3 is 1. The van der Waals surface area contributed by atoms with Gasteiger partial charge in [-0.2, -0.15) is 0 Å². The van der Waals surface area contributed by atoms with Crippen LogP contribution in [-0.2, 0) is 4.74 Å². The zero-order valence-electron chi connectivity index (χ0n) is 16.1. The second-order valence-corrected chi connectivity index (χ2v) is 7.32. The molecule has 0 rings (SSSR count). The first kappa shape index (κ1) is 23.8. The fraction of sp³-hybridized carbons (Fsp3) is 1.00. The van der Waals surface area contributed by atoms with Crippen molar-refractivity contribution in [2.45, 2.75) is 109 Å². The van der Waals surface area contributed by atoms with Gasteiger partial charge in [0.25, 0.3) is 5.97 Å². The van der Waals surface area contributed by atoms with Crippen molar-refractivity contribution in [3.63, 3.8) is 0 Å². The Morgan fingerprint density at radius 3 is 1.29 bits per heavy atom. The molecule has 1 unspecified atom stereocenters. The summed E-state index contributed by atoms with van der Waals surface area (Å²) < 4.78 is 5.05. The van der Waals surface area contributed by atoms with Crippen LogP contribution in [0.15, 0.2) is 0 Å². The van der Waals surface area contributed by atoms with Gasteiger partial charge in [-0.1, -0.05) is 90.4 Å². The molecule has 4 nitrogen and oxygen atoms in total. The van der Waals surface area contributed by atoms with Crippen LogP contribution in [0, 0.1) is 5.92 Å². The highest BCUT2D eigenvalue weighted by Gasteiger charge is 2.26. The fourth-order valence-electron chi connectivity index (χ4n) is 3.01. The van der Waals surface area contributed by atoms with Crippen molar-refractivity contribution in [3.05, 3.63) is 0 Å². The average molecular weight is 347 g/mol. The van der Waals surface area contributed by atoms with E-state index in [1.807, 2.05) is 0 Å². The van der Waals surface area contributed by atoms with E-state index in [0.29, 0.717) is 6.42 Å². The van der Waals surface area contributed by atoms with Gasteiger partial charge in [0, 0.05) is 19.6 Å². The van der Waals surface area contributed by atoms with Crippen LogP contribution in [0.4, 0.5) is 0 Å². The van der Waals surface area contributed by atoms with Gasteiger partial charge < -0.3 is 20.1 Å². The van der Waals surface area contributed by atoms with Crippen molar-refractivity contribution in [1.29, 1.82) is 0 Å². The Bertz CT molecular complexity index is 251. The molecule has 0 spiro atoms. The first-order chi connectivity index (χ1) is 11.5. The van der Waals surface area contributed by atoms with Crippen LogP contribution >= 0.6 is 0 Å². The minimum absolute atomic E-state index is 0.475. The number of aliphatic hydroxyl groups is 3. The molecule has 0 fully saturated rings. The van der Waals surface area contributed by atoms with Gasteiger partial charge >= 0.3 is 0 Å². The molecule has 0 aliphatic carbocycles. The van der Waals surface area contributed by atoms with Crippen LogP contribution in [0.1, 0.15) is 103 Å². The standard InChI is InChI=1S/C20H42O4/c1-19(20(21,22)23)17-15-13-11-9-7-5-3-4-6-8-10-12-14-16-18-24-2/h19,21-23H,3-18H2,1-2H3. The maximum absolute atomic E-state index is 9.02. The Morgan fingerprint density at radius 1 is 0.625 bits per heavy atom. The third-order valence-corrected chi connectivity index (χ3v) is 4.90. The summed E-state index contributed by atoms with van der Waals surface area (Å²) in [6.07, 6.45) is 18.6. The summed E-state index contributed by atoms with van der Waals surface area (Å²) in [6, 6.07) is 0. The van der Waals surface area contributed by atoms with Crippen LogP contribution in [0.2, 0.25) is 0 Å². The third kappa shape index (κ3) is 16.7.